The molecule has 5 nitrogen and oxygen atoms in total. The van der Waals surface area contributed by atoms with E-state index in [4.69, 9.17) is 0 Å². The average Bonchev–Trinajstić information content (AvgIpc) is 2.39. The summed E-state index contributed by atoms with van der Waals surface area (Å²) < 4.78 is 0. The highest BCUT2D eigenvalue weighted by molar-refractivity contribution is 5.35. The fourth-order valence-electron chi connectivity index (χ4n) is 2.44. The lowest BCUT2D eigenvalue weighted by Gasteiger charge is -2.33. The second-order valence-corrected chi connectivity index (χ2v) is 5.05. The molecule has 106 valence electrons. The lowest BCUT2D eigenvalue weighted by Crippen LogP contribution is -2.45. The predicted octanol–water partition coefficient (Wildman–Crippen LogP) is 1.35. The standard InChI is InChI=1S/C14H25N5/c1-4-15-13-10-12(3)16-14(17-13)11-19-8-6-18(5-2)7-9-19/h10H,4-9,11H2,1-3H3,(H,15,16,17). The van der Waals surface area contributed by atoms with E-state index < -0.39 is 0 Å². The lowest BCUT2D eigenvalue weighted by atomic mass is 10.3. The van der Waals surface area contributed by atoms with Gasteiger partial charge in [-0.2, -0.15) is 0 Å². The van der Waals surface area contributed by atoms with Gasteiger partial charge in [0.2, 0.25) is 0 Å². The number of aromatic nitrogens is 2. The van der Waals surface area contributed by atoms with Gasteiger partial charge in [0.15, 0.2) is 0 Å². The van der Waals surface area contributed by atoms with Crippen molar-refractivity contribution in [2.75, 3.05) is 44.6 Å². The molecular formula is C14H25N5. The number of rotatable bonds is 5. The van der Waals surface area contributed by atoms with Crippen molar-refractivity contribution in [1.82, 2.24) is 19.8 Å². The highest BCUT2D eigenvalue weighted by atomic mass is 15.3. The van der Waals surface area contributed by atoms with Gasteiger partial charge in [-0.1, -0.05) is 6.92 Å². The maximum absolute atomic E-state index is 4.58. The number of piperazine rings is 1. The Kier molecular flexibility index (Phi) is 5.10. The molecule has 1 aliphatic rings. The van der Waals surface area contributed by atoms with Crippen molar-refractivity contribution in [3.63, 3.8) is 0 Å². The molecule has 1 N–H and O–H groups in total. The van der Waals surface area contributed by atoms with E-state index in [1.807, 2.05) is 13.0 Å². The Morgan fingerprint density at radius 1 is 1.11 bits per heavy atom. The lowest BCUT2D eigenvalue weighted by molar-refractivity contribution is 0.129. The van der Waals surface area contributed by atoms with Crippen LogP contribution in [0.1, 0.15) is 25.4 Å². The van der Waals surface area contributed by atoms with E-state index in [9.17, 15) is 0 Å². The largest absolute Gasteiger partial charge is 0.370 e. The first-order valence-corrected chi connectivity index (χ1v) is 7.24. The number of hydrogen-bond acceptors (Lipinski definition) is 5. The molecule has 0 spiro atoms. The third kappa shape index (κ3) is 4.14. The van der Waals surface area contributed by atoms with E-state index in [-0.39, 0.29) is 0 Å². The van der Waals surface area contributed by atoms with Crippen LogP contribution in [-0.4, -0.2) is 59.0 Å². The fraction of sp³-hybridized carbons (Fsp3) is 0.714. The maximum Gasteiger partial charge on any atom is 0.144 e. The van der Waals surface area contributed by atoms with Crippen molar-refractivity contribution in [3.05, 3.63) is 17.6 Å². The van der Waals surface area contributed by atoms with Gasteiger partial charge in [-0.3, -0.25) is 4.90 Å². The van der Waals surface area contributed by atoms with Crippen LogP contribution in [0.15, 0.2) is 6.07 Å². The number of anilines is 1. The topological polar surface area (TPSA) is 44.3 Å². The number of aryl methyl sites for hydroxylation is 1. The summed E-state index contributed by atoms with van der Waals surface area (Å²) in [7, 11) is 0. The van der Waals surface area contributed by atoms with E-state index in [0.29, 0.717) is 0 Å². The summed E-state index contributed by atoms with van der Waals surface area (Å²) in [5.41, 5.74) is 1.04. The molecule has 0 aromatic carbocycles. The molecule has 0 saturated carbocycles. The number of nitrogens with one attached hydrogen (secondary N) is 1. The highest BCUT2D eigenvalue weighted by Crippen LogP contribution is 2.09. The van der Waals surface area contributed by atoms with Gasteiger partial charge in [0, 0.05) is 44.5 Å². The molecule has 2 rings (SSSR count). The quantitative estimate of drug-likeness (QED) is 0.869. The summed E-state index contributed by atoms with van der Waals surface area (Å²) in [6.45, 7) is 13.8. The molecule has 1 saturated heterocycles. The second kappa shape index (κ2) is 6.82. The zero-order valence-corrected chi connectivity index (χ0v) is 12.3. The van der Waals surface area contributed by atoms with Crippen molar-refractivity contribution < 1.29 is 0 Å². The van der Waals surface area contributed by atoms with Crippen LogP contribution < -0.4 is 5.32 Å². The smallest absolute Gasteiger partial charge is 0.144 e. The molecule has 2 heterocycles. The SMILES string of the molecule is CCNc1cc(C)nc(CN2CCN(CC)CC2)n1. The van der Waals surface area contributed by atoms with Gasteiger partial charge in [0.05, 0.1) is 6.54 Å². The van der Waals surface area contributed by atoms with E-state index in [2.05, 4.69) is 38.9 Å². The first-order chi connectivity index (χ1) is 9.21. The first-order valence-electron chi connectivity index (χ1n) is 7.24. The zero-order chi connectivity index (χ0) is 13.7. The molecule has 0 aliphatic carbocycles. The Bertz CT molecular complexity index is 399. The van der Waals surface area contributed by atoms with Gasteiger partial charge >= 0.3 is 0 Å². The van der Waals surface area contributed by atoms with Crippen molar-refractivity contribution in [2.24, 2.45) is 0 Å². The minimum absolute atomic E-state index is 0.859. The zero-order valence-electron chi connectivity index (χ0n) is 12.3. The van der Waals surface area contributed by atoms with E-state index in [1.54, 1.807) is 0 Å². The third-order valence-corrected chi connectivity index (χ3v) is 3.54. The first kappa shape index (κ1) is 14.2. The molecule has 0 radical (unpaired) electrons. The van der Waals surface area contributed by atoms with Gasteiger partial charge in [-0.25, -0.2) is 9.97 Å². The van der Waals surface area contributed by atoms with Crippen LogP contribution >= 0.6 is 0 Å². The Morgan fingerprint density at radius 3 is 2.42 bits per heavy atom. The summed E-state index contributed by atoms with van der Waals surface area (Å²) >= 11 is 0. The van der Waals surface area contributed by atoms with Gasteiger partial charge in [0.1, 0.15) is 11.6 Å². The molecule has 0 atom stereocenters. The third-order valence-electron chi connectivity index (χ3n) is 3.54. The monoisotopic (exact) mass is 263 g/mol. The Labute approximate surface area is 116 Å². The number of likely N-dealkylation sites (N-methyl/N-ethyl adjacent to an activating group) is 1. The molecule has 0 amide bonds. The van der Waals surface area contributed by atoms with Crippen molar-refractivity contribution in [1.29, 1.82) is 0 Å². The van der Waals surface area contributed by atoms with Crippen molar-refractivity contribution in [2.45, 2.75) is 27.3 Å². The summed E-state index contributed by atoms with van der Waals surface area (Å²) in [6.07, 6.45) is 0. The molecule has 1 aromatic rings. The minimum atomic E-state index is 0.859. The summed E-state index contributed by atoms with van der Waals surface area (Å²) in [5, 5.41) is 3.26. The molecule has 5 heteroatoms. The van der Waals surface area contributed by atoms with Crippen LogP contribution in [0, 0.1) is 6.92 Å². The Balaban J connectivity index is 1.95. The highest BCUT2D eigenvalue weighted by Gasteiger charge is 2.16. The molecule has 1 aliphatic heterocycles. The van der Waals surface area contributed by atoms with Crippen LogP contribution in [0.25, 0.3) is 0 Å². The van der Waals surface area contributed by atoms with Crippen LogP contribution in [0.4, 0.5) is 5.82 Å². The van der Waals surface area contributed by atoms with Gasteiger partial charge < -0.3 is 10.2 Å². The van der Waals surface area contributed by atoms with E-state index in [1.165, 1.54) is 0 Å². The van der Waals surface area contributed by atoms with Gasteiger partial charge in [-0.05, 0) is 20.4 Å². The van der Waals surface area contributed by atoms with Crippen LogP contribution in [0.2, 0.25) is 0 Å². The van der Waals surface area contributed by atoms with E-state index in [0.717, 1.165) is 63.1 Å². The van der Waals surface area contributed by atoms with E-state index >= 15 is 0 Å². The number of nitrogens with zero attached hydrogens (tertiary/aromatic N) is 4. The molecule has 1 fully saturated rings. The Hall–Kier alpha value is -1.20. The Morgan fingerprint density at radius 2 is 1.79 bits per heavy atom. The maximum atomic E-state index is 4.58. The molecule has 0 unspecified atom stereocenters. The summed E-state index contributed by atoms with van der Waals surface area (Å²) in [5.74, 6) is 1.87. The van der Waals surface area contributed by atoms with Crippen molar-refractivity contribution >= 4 is 5.82 Å². The summed E-state index contributed by atoms with van der Waals surface area (Å²) in [6, 6.07) is 2.00. The molecule has 19 heavy (non-hydrogen) atoms. The molecular weight excluding hydrogens is 238 g/mol. The van der Waals surface area contributed by atoms with Crippen molar-refractivity contribution in [3.8, 4) is 0 Å². The average molecular weight is 263 g/mol. The predicted molar refractivity (Wildman–Crippen MR) is 78.3 cm³/mol. The molecule has 1 aromatic heterocycles. The number of hydrogen-bond donors (Lipinski definition) is 1. The summed E-state index contributed by atoms with van der Waals surface area (Å²) in [4.78, 5) is 14.0. The van der Waals surface area contributed by atoms with Gasteiger partial charge in [0.25, 0.3) is 0 Å². The van der Waals surface area contributed by atoms with Crippen LogP contribution in [-0.2, 0) is 6.54 Å². The van der Waals surface area contributed by atoms with Crippen LogP contribution in [0.5, 0.6) is 0 Å². The molecule has 0 bridgehead atoms. The van der Waals surface area contributed by atoms with Gasteiger partial charge in [-0.15, -0.1) is 0 Å². The fourth-order valence-corrected chi connectivity index (χ4v) is 2.44. The minimum Gasteiger partial charge on any atom is -0.370 e. The normalized spacial score (nSPS) is 17.6. The second-order valence-electron chi connectivity index (χ2n) is 5.05. The van der Waals surface area contributed by atoms with Crippen LogP contribution in [0.3, 0.4) is 0 Å².